The van der Waals surface area contributed by atoms with Gasteiger partial charge in [0.05, 0.1) is 5.56 Å². The molecule has 3 rings (SSSR count). The van der Waals surface area contributed by atoms with E-state index in [0.29, 0.717) is 17.1 Å². The smallest absolute Gasteiger partial charge is 0.171 e. The number of carbonyl (C=O) groups is 1. The number of fused-ring (bicyclic) bond motifs is 1. The van der Waals surface area contributed by atoms with Crippen LogP contribution in [0.2, 0.25) is 0 Å². The Hall–Kier alpha value is -1.75. The van der Waals surface area contributed by atoms with E-state index in [-0.39, 0.29) is 0 Å². The monoisotopic (exact) mass is 216 g/mol. The molecule has 5 nitrogen and oxygen atoms in total. The van der Waals surface area contributed by atoms with Gasteiger partial charge in [-0.3, -0.25) is 9.20 Å². The van der Waals surface area contributed by atoms with Crippen molar-refractivity contribution in [2.24, 2.45) is 0 Å². The number of hydrogen-bond acceptors (Lipinski definition) is 4. The molecule has 0 spiro atoms. The van der Waals surface area contributed by atoms with Crippen LogP contribution in [0.1, 0.15) is 28.5 Å². The van der Waals surface area contributed by atoms with Crippen LogP contribution in [0.3, 0.4) is 0 Å². The van der Waals surface area contributed by atoms with E-state index in [2.05, 4.69) is 15.5 Å². The van der Waals surface area contributed by atoms with Crippen molar-refractivity contribution >= 4 is 11.9 Å². The van der Waals surface area contributed by atoms with Gasteiger partial charge in [-0.15, -0.1) is 10.2 Å². The average molecular weight is 216 g/mol. The average Bonchev–Trinajstić information content (AvgIpc) is 2.96. The second-order valence-corrected chi connectivity index (χ2v) is 4.02. The van der Waals surface area contributed by atoms with Crippen molar-refractivity contribution in [2.75, 3.05) is 13.1 Å². The van der Waals surface area contributed by atoms with Crippen LogP contribution in [0.25, 0.3) is 5.65 Å². The quantitative estimate of drug-likeness (QED) is 0.747. The van der Waals surface area contributed by atoms with Crippen LogP contribution in [0.5, 0.6) is 0 Å². The molecule has 1 unspecified atom stereocenters. The fourth-order valence-electron chi connectivity index (χ4n) is 2.20. The summed E-state index contributed by atoms with van der Waals surface area (Å²) in [6, 6.07) is 3.61. The highest BCUT2D eigenvalue weighted by molar-refractivity contribution is 5.83. The number of nitrogens with zero attached hydrogens (tertiary/aromatic N) is 3. The normalized spacial score (nSPS) is 20.4. The van der Waals surface area contributed by atoms with E-state index >= 15 is 0 Å². The second kappa shape index (κ2) is 3.68. The van der Waals surface area contributed by atoms with E-state index in [1.807, 2.05) is 16.7 Å². The lowest BCUT2D eigenvalue weighted by Gasteiger charge is -2.05. The first-order valence-corrected chi connectivity index (χ1v) is 5.39. The molecule has 0 aromatic carbocycles. The lowest BCUT2D eigenvalue weighted by molar-refractivity contribution is 0.112. The molecule has 2 aromatic heterocycles. The minimum atomic E-state index is 0.400. The summed E-state index contributed by atoms with van der Waals surface area (Å²) < 4.78 is 1.92. The maximum Gasteiger partial charge on any atom is 0.171 e. The third-order valence-electron chi connectivity index (χ3n) is 3.04. The lowest BCUT2D eigenvalue weighted by Crippen LogP contribution is -2.10. The van der Waals surface area contributed by atoms with E-state index < -0.39 is 0 Å². The fraction of sp³-hybridized carbons (Fsp3) is 0.364. The summed E-state index contributed by atoms with van der Waals surface area (Å²) in [5.41, 5.74) is 1.24. The van der Waals surface area contributed by atoms with Crippen molar-refractivity contribution in [3.05, 3.63) is 29.7 Å². The highest BCUT2D eigenvalue weighted by atomic mass is 16.1. The van der Waals surface area contributed by atoms with Gasteiger partial charge in [0.1, 0.15) is 5.82 Å². The molecule has 1 aliphatic heterocycles. The number of hydrogen-bond donors (Lipinski definition) is 1. The standard InChI is InChI=1S/C11H12N4O/c16-7-9-2-1-5-15-10(13-14-11(9)15)8-3-4-12-6-8/h1-2,5,7-8,12H,3-4,6H2. The van der Waals surface area contributed by atoms with Crippen LogP contribution in [0.15, 0.2) is 18.3 Å². The Kier molecular flexibility index (Phi) is 2.18. The highest BCUT2D eigenvalue weighted by Gasteiger charge is 2.22. The molecule has 1 saturated heterocycles. The van der Waals surface area contributed by atoms with Gasteiger partial charge in [-0.05, 0) is 25.1 Å². The molecular formula is C11H12N4O. The third kappa shape index (κ3) is 1.32. The maximum atomic E-state index is 10.9. The number of aromatic nitrogens is 3. The summed E-state index contributed by atoms with van der Waals surface area (Å²) in [5, 5.41) is 11.6. The maximum absolute atomic E-state index is 10.9. The van der Waals surface area contributed by atoms with Gasteiger partial charge in [-0.1, -0.05) is 0 Å². The number of pyridine rings is 1. The molecule has 5 heteroatoms. The van der Waals surface area contributed by atoms with Crippen LogP contribution < -0.4 is 5.32 Å². The first-order valence-electron chi connectivity index (χ1n) is 5.39. The third-order valence-corrected chi connectivity index (χ3v) is 3.04. The zero-order valence-corrected chi connectivity index (χ0v) is 8.76. The Bertz CT molecular complexity index is 528. The van der Waals surface area contributed by atoms with Crippen LogP contribution in [0, 0.1) is 0 Å². The summed E-state index contributed by atoms with van der Waals surface area (Å²) in [7, 11) is 0. The van der Waals surface area contributed by atoms with Gasteiger partial charge >= 0.3 is 0 Å². The van der Waals surface area contributed by atoms with Gasteiger partial charge in [0, 0.05) is 18.7 Å². The van der Waals surface area contributed by atoms with Gasteiger partial charge in [-0.25, -0.2) is 0 Å². The molecule has 1 atom stereocenters. The predicted octanol–water partition coefficient (Wildman–Crippen LogP) is 0.619. The van der Waals surface area contributed by atoms with Gasteiger partial charge in [0.25, 0.3) is 0 Å². The Balaban J connectivity index is 2.16. The Morgan fingerprint density at radius 1 is 1.50 bits per heavy atom. The lowest BCUT2D eigenvalue weighted by atomic mass is 10.1. The van der Waals surface area contributed by atoms with Crippen molar-refractivity contribution in [3.8, 4) is 0 Å². The Morgan fingerprint density at radius 2 is 2.44 bits per heavy atom. The minimum absolute atomic E-state index is 0.400. The molecule has 3 heterocycles. The van der Waals surface area contributed by atoms with Crippen molar-refractivity contribution in [2.45, 2.75) is 12.3 Å². The van der Waals surface area contributed by atoms with Gasteiger partial charge < -0.3 is 5.32 Å². The Labute approximate surface area is 92.5 Å². The van der Waals surface area contributed by atoms with Crippen molar-refractivity contribution in [1.82, 2.24) is 19.9 Å². The molecule has 0 radical (unpaired) electrons. The predicted molar refractivity (Wildman–Crippen MR) is 58.6 cm³/mol. The van der Waals surface area contributed by atoms with E-state index in [1.54, 1.807) is 6.07 Å². The van der Waals surface area contributed by atoms with Gasteiger partial charge in [-0.2, -0.15) is 0 Å². The van der Waals surface area contributed by atoms with Crippen LogP contribution in [-0.2, 0) is 0 Å². The van der Waals surface area contributed by atoms with Crippen LogP contribution >= 0.6 is 0 Å². The molecule has 2 aromatic rings. The topological polar surface area (TPSA) is 59.3 Å². The van der Waals surface area contributed by atoms with E-state index in [1.165, 1.54) is 0 Å². The van der Waals surface area contributed by atoms with Crippen LogP contribution in [-0.4, -0.2) is 34.0 Å². The number of rotatable bonds is 2. The zero-order valence-electron chi connectivity index (χ0n) is 8.76. The summed E-state index contributed by atoms with van der Waals surface area (Å²) in [4.78, 5) is 10.9. The Morgan fingerprint density at radius 3 is 3.19 bits per heavy atom. The van der Waals surface area contributed by atoms with Crippen molar-refractivity contribution < 1.29 is 4.79 Å². The molecule has 0 saturated carbocycles. The zero-order chi connectivity index (χ0) is 11.0. The summed E-state index contributed by atoms with van der Waals surface area (Å²) >= 11 is 0. The van der Waals surface area contributed by atoms with E-state index in [4.69, 9.17) is 0 Å². The first kappa shape index (κ1) is 9.47. The SMILES string of the molecule is O=Cc1cccn2c(C3CCNC3)nnc12. The highest BCUT2D eigenvalue weighted by Crippen LogP contribution is 2.21. The summed E-state index contributed by atoms with van der Waals surface area (Å²) in [6.07, 6.45) is 3.81. The molecular weight excluding hydrogens is 204 g/mol. The van der Waals surface area contributed by atoms with Crippen molar-refractivity contribution in [1.29, 1.82) is 0 Å². The minimum Gasteiger partial charge on any atom is -0.316 e. The molecule has 0 bridgehead atoms. The first-order chi connectivity index (χ1) is 7.90. The molecule has 16 heavy (non-hydrogen) atoms. The number of carbonyl (C=O) groups excluding carboxylic acids is 1. The molecule has 1 N–H and O–H groups in total. The number of aldehydes is 1. The second-order valence-electron chi connectivity index (χ2n) is 4.02. The van der Waals surface area contributed by atoms with Crippen molar-refractivity contribution in [3.63, 3.8) is 0 Å². The molecule has 1 fully saturated rings. The molecule has 1 aliphatic rings. The van der Waals surface area contributed by atoms with Gasteiger partial charge in [0.15, 0.2) is 11.9 Å². The molecule has 0 amide bonds. The summed E-state index contributed by atoms with van der Waals surface area (Å²) in [5.74, 6) is 1.35. The molecule has 82 valence electrons. The largest absolute Gasteiger partial charge is 0.316 e. The van der Waals surface area contributed by atoms with Crippen LogP contribution in [0.4, 0.5) is 0 Å². The van der Waals surface area contributed by atoms with E-state index in [0.717, 1.165) is 31.6 Å². The molecule has 0 aliphatic carbocycles. The van der Waals surface area contributed by atoms with E-state index in [9.17, 15) is 4.79 Å². The fourth-order valence-corrected chi connectivity index (χ4v) is 2.20. The summed E-state index contributed by atoms with van der Waals surface area (Å²) in [6.45, 7) is 1.96. The number of nitrogens with one attached hydrogen (secondary N) is 1. The van der Waals surface area contributed by atoms with Gasteiger partial charge in [0.2, 0.25) is 0 Å².